The smallest absolute Gasteiger partial charge is 0.206 e. The summed E-state index contributed by atoms with van der Waals surface area (Å²) < 4.78 is 2.23. The normalized spacial score (nSPS) is 29.9. The molecule has 4 nitrogen and oxygen atoms in total. The average molecular weight is 270 g/mol. The fraction of sp³-hybridized carbons (Fsp3) is 0.562. The zero-order valence-electron chi connectivity index (χ0n) is 12.0. The minimum Gasteiger partial charge on any atom is -0.342 e. The number of nitrogens with two attached hydrogens (primary N) is 1. The summed E-state index contributed by atoms with van der Waals surface area (Å²) in [4.78, 5) is 7.29. The van der Waals surface area contributed by atoms with Crippen LogP contribution in [0.15, 0.2) is 24.3 Å². The molecule has 4 rings (SSSR count). The van der Waals surface area contributed by atoms with Gasteiger partial charge in [-0.2, -0.15) is 0 Å². The quantitative estimate of drug-likeness (QED) is 0.863. The molecule has 0 radical (unpaired) electrons. The molecule has 2 aliphatic rings. The Bertz CT molecular complexity index is 632. The first-order chi connectivity index (χ1) is 9.72. The Hall–Kier alpha value is -1.55. The molecule has 4 heteroatoms. The van der Waals surface area contributed by atoms with Crippen molar-refractivity contribution in [3.05, 3.63) is 24.3 Å². The summed E-state index contributed by atoms with van der Waals surface area (Å²) in [5.74, 6) is 2.70. The summed E-state index contributed by atoms with van der Waals surface area (Å²) in [5.41, 5.74) is 8.44. The van der Waals surface area contributed by atoms with Crippen molar-refractivity contribution in [2.45, 2.75) is 25.3 Å². The molecule has 1 saturated carbocycles. The monoisotopic (exact) mass is 270 g/mol. The lowest BCUT2D eigenvalue weighted by Gasteiger charge is -2.27. The van der Waals surface area contributed by atoms with Crippen LogP contribution in [0.1, 0.15) is 19.3 Å². The van der Waals surface area contributed by atoms with Crippen LogP contribution in [0.4, 0.5) is 5.95 Å². The van der Waals surface area contributed by atoms with E-state index in [9.17, 15) is 0 Å². The molecule has 0 spiro atoms. The fourth-order valence-electron chi connectivity index (χ4n) is 4.05. The largest absolute Gasteiger partial charge is 0.342 e. The summed E-state index contributed by atoms with van der Waals surface area (Å²) in [6.45, 7) is 2.27. The van der Waals surface area contributed by atoms with E-state index in [1.54, 1.807) is 0 Å². The van der Waals surface area contributed by atoms with Crippen molar-refractivity contribution in [2.24, 2.45) is 24.6 Å². The molecule has 1 unspecified atom stereocenters. The van der Waals surface area contributed by atoms with Crippen molar-refractivity contribution in [1.29, 1.82) is 0 Å². The number of imidazole rings is 1. The van der Waals surface area contributed by atoms with E-state index < -0.39 is 0 Å². The van der Waals surface area contributed by atoms with E-state index >= 15 is 0 Å². The highest BCUT2D eigenvalue weighted by Crippen LogP contribution is 2.37. The standard InChI is InChI=1S/C16H22N4/c1-19-15-5-3-2-4-14(15)18-16(19)20-9-11-6-7-13(17)8-12(11)10-20/h2-5,11-13H,6-10,17H2,1H3/t11-,12+,13?/m1/s1. The molecule has 1 aromatic carbocycles. The highest BCUT2D eigenvalue weighted by molar-refractivity contribution is 5.78. The van der Waals surface area contributed by atoms with Crippen LogP contribution in [-0.4, -0.2) is 28.7 Å². The molecular weight excluding hydrogens is 248 g/mol. The Balaban J connectivity index is 1.65. The molecule has 20 heavy (non-hydrogen) atoms. The molecule has 2 fully saturated rings. The fourth-order valence-corrected chi connectivity index (χ4v) is 4.05. The van der Waals surface area contributed by atoms with Crippen molar-refractivity contribution >= 4 is 17.0 Å². The van der Waals surface area contributed by atoms with E-state index in [2.05, 4.69) is 40.8 Å². The summed E-state index contributed by atoms with van der Waals surface area (Å²) in [6.07, 6.45) is 3.66. The van der Waals surface area contributed by atoms with Gasteiger partial charge in [0.15, 0.2) is 0 Å². The molecule has 1 aromatic heterocycles. The SMILES string of the molecule is Cn1c(N2C[C@H]3CCC(N)C[C@H]3C2)nc2ccccc21. The van der Waals surface area contributed by atoms with Crippen LogP contribution >= 0.6 is 0 Å². The Morgan fingerprint density at radius 2 is 1.95 bits per heavy atom. The molecule has 1 aliphatic heterocycles. The van der Waals surface area contributed by atoms with Crippen molar-refractivity contribution in [3.63, 3.8) is 0 Å². The predicted octanol–water partition coefficient (Wildman–Crippen LogP) is 2.14. The van der Waals surface area contributed by atoms with Gasteiger partial charge in [-0.05, 0) is 43.2 Å². The molecule has 2 aromatic rings. The molecule has 1 aliphatic carbocycles. The first-order valence-corrected chi connectivity index (χ1v) is 7.64. The Labute approximate surface area is 119 Å². The maximum Gasteiger partial charge on any atom is 0.206 e. The van der Waals surface area contributed by atoms with Crippen LogP contribution in [0.5, 0.6) is 0 Å². The van der Waals surface area contributed by atoms with Gasteiger partial charge < -0.3 is 15.2 Å². The number of anilines is 1. The number of benzene rings is 1. The van der Waals surface area contributed by atoms with Crippen molar-refractivity contribution in [2.75, 3.05) is 18.0 Å². The number of hydrogen-bond donors (Lipinski definition) is 1. The van der Waals surface area contributed by atoms with Gasteiger partial charge >= 0.3 is 0 Å². The van der Waals surface area contributed by atoms with Gasteiger partial charge in [-0.25, -0.2) is 4.98 Å². The Morgan fingerprint density at radius 3 is 2.80 bits per heavy atom. The minimum atomic E-state index is 0.414. The highest BCUT2D eigenvalue weighted by atomic mass is 15.3. The lowest BCUT2D eigenvalue weighted by atomic mass is 9.79. The van der Waals surface area contributed by atoms with Gasteiger partial charge in [-0.15, -0.1) is 0 Å². The third-order valence-corrected chi connectivity index (χ3v) is 5.14. The van der Waals surface area contributed by atoms with Crippen LogP contribution in [0.25, 0.3) is 11.0 Å². The van der Waals surface area contributed by atoms with Gasteiger partial charge in [-0.3, -0.25) is 0 Å². The number of hydrogen-bond acceptors (Lipinski definition) is 3. The number of nitrogens with zero attached hydrogens (tertiary/aromatic N) is 3. The first kappa shape index (κ1) is 12.2. The molecule has 3 atom stereocenters. The van der Waals surface area contributed by atoms with Crippen LogP contribution < -0.4 is 10.6 Å². The molecule has 0 amide bonds. The lowest BCUT2D eigenvalue weighted by molar-refractivity contribution is 0.271. The predicted molar refractivity (Wildman–Crippen MR) is 81.7 cm³/mol. The second-order valence-corrected chi connectivity index (χ2v) is 6.46. The summed E-state index contributed by atoms with van der Waals surface area (Å²) in [5, 5.41) is 0. The van der Waals surface area contributed by atoms with Gasteiger partial charge in [0.1, 0.15) is 0 Å². The molecular formula is C16H22N4. The third-order valence-electron chi connectivity index (χ3n) is 5.14. The van der Waals surface area contributed by atoms with Crippen LogP contribution in [0, 0.1) is 11.8 Å². The Kier molecular flexibility index (Phi) is 2.74. The van der Waals surface area contributed by atoms with Gasteiger partial charge in [0, 0.05) is 26.2 Å². The minimum absolute atomic E-state index is 0.414. The van der Waals surface area contributed by atoms with Crippen LogP contribution in [-0.2, 0) is 7.05 Å². The second kappa shape index (κ2) is 4.48. The maximum absolute atomic E-state index is 6.13. The number of aromatic nitrogens is 2. The Morgan fingerprint density at radius 1 is 1.15 bits per heavy atom. The van der Waals surface area contributed by atoms with Gasteiger partial charge in [0.2, 0.25) is 5.95 Å². The highest BCUT2D eigenvalue weighted by Gasteiger charge is 2.38. The van der Waals surface area contributed by atoms with Crippen molar-refractivity contribution in [3.8, 4) is 0 Å². The van der Waals surface area contributed by atoms with Gasteiger partial charge in [0.05, 0.1) is 11.0 Å². The summed E-state index contributed by atoms with van der Waals surface area (Å²) in [7, 11) is 2.12. The number of fused-ring (bicyclic) bond motifs is 2. The molecule has 0 bridgehead atoms. The zero-order valence-corrected chi connectivity index (χ0v) is 12.0. The van der Waals surface area contributed by atoms with E-state index in [4.69, 9.17) is 10.7 Å². The average Bonchev–Trinajstić information content (AvgIpc) is 3.00. The summed E-state index contributed by atoms with van der Waals surface area (Å²) >= 11 is 0. The third kappa shape index (κ3) is 1.82. The van der Waals surface area contributed by atoms with Gasteiger partial charge in [-0.1, -0.05) is 12.1 Å². The topological polar surface area (TPSA) is 47.1 Å². The maximum atomic E-state index is 6.13. The number of rotatable bonds is 1. The van der Waals surface area contributed by atoms with Gasteiger partial charge in [0.25, 0.3) is 0 Å². The summed E-state index contributed by atoms with van der Waals surface area (Å²) in [6, 6.07) is 8.79. The van der Waals surface area contributed by atoms with Crippen molar-refractivity contribution < 1.29 is 0 Å². The number of aryl methyl sites for hydroxylation is 1. The number of para-hydroxylation sites is 2. The molecule has 2 N–H and O–H groups in total. The van der Waals surface area contributed by atoms with E-state index in [1.165, 1.54) is 24.8 Å². The van der Waals surface area contributed by atoms with Crippen molar-refractivity contribution in [1.82, 2.24) is 9.55 Å². The molecule has 2 heterocycles. The second-order valence-electron chi connectivity index (χ2n) is 6.46. The molecule has 1 saturated heterocycles. The molecule has 106 valence electrons. The lowest BCUT2D eigenvalue weighted by Crippen LogP contribution is -2.32. The van der Waals surface area contributed by atoms with E-state index in [0.717, 1.165) is 36.4 Å². The van der Waals surface area contributed by atoms with Crippen LogP contribution in [0.2, 0.25) is 0 Å². The van der Waals surface area contributed by atoms with E-state index in [1.807, 2.05) is 0 Å². The van der Waals surface area contributed by atoms with Crippen LogP contribution in [0.3, 0.4) is 0 Å². The van der Waals surface area contributed by atoms with E-state index in [-0.39, 0.29) is 0 Å². The zero-order chi connectivity index (χ0) is 13.7. The van der Waals surface area contributed by atoms with E-state index in [0.29, 0.717) is 6.04 Å². The first-order valence-electron chi connectivity index (χ1n) is 7.64.